The molecule has 1 unspecified atom stereocenters. The smallest absolute Gasteiger partial charge is 0.0185 e. The van der Waals surface area contributed by atoms with E-state index in [0.29, 0.717) is 6.04 Å². The van der Waals surface area contributed by atoms with Gasteiger partial charge < -0.3 is 4.90 Å². The minimum absolute atomic E-state index is 0.695. The molecule has 1 aliphatic rings. The molecule has 1 fully saturated rings. The minimum Gasteiger partial charge on any atom is -0.303 e. The summed E-state index contributed by atoms with van der Waals surface area (Å²) in [6.45, 7) is 3.56. The van der Waals surface area contributed by atoms with Crippen molar-refractivity contribution in [1.29, 1.82) is 0 Å². The summed E-state index contributed by atoms with van der Waals surface area (Å²) in [5.41, 5.74) is 0. The molecule has 1 rings (SSSR count). The molecular weight excluding hydrogens is 190 g/mol. The fourth-order valence-electron chi connectivity index (χ4n) is 1.01. The molecule has 0 aromatic carbocycles. The van der Waals surface area contributed by atoms with E-state index >= 15 is 0 Å². The average Bonchev–Trinajstić information content (AvgIpc) is 2.70. The maximum Gasteiger partial charge on any atom is 0.0185 e. The van der Waals surface area contributed by atoms with E-state index in [9.17, 15) is 0 Å². The van der Waals surface area contributed by atoms with Gasteiger partial charge in [0.05, 0.1) is 0 Å². The first-order chi connectivity index (χ1) is 4.74. The van der Waals surface area contributed by atoms with Crippen molar-refractivity contribution in [3.8, 4) is 0 Å². The quantitative estimate of drug-likeness (QED) is 0.637. The molecular formula is C8H16BrN. The highest BCUT2D eigenvalue weighted by Gasteiger charge is 2.23. The Morgan fingerprint density at radius 1 is 1.60 bits per heavy atom. The highest BCUT2D eigenvalue weighted by Crippen LogP contribution is 2.29. The molecule has 0 spiro atoms. The third-order valence-corrected chi connectivity index (χ3v) is 3.16. The molecule has 0 saturated heterocycles. The number of rotatable bonds is 4. The SMILES string of the molecule is CC(CBr)N(C)CC1CC1. The van der Waals surface area contributed by atoms with Crippen LogP contribution in [0.15, 0.2) is 0 Å². The predicted octanol–water partition coefficient (Wildman–Crippen LogP) is 2.11. The summed E-state index contributed by atoms with van der Waals surface area (Å²) in [6, 6.07) is 0.695. The van der Waals surface area contributed by atoms with Crippen molar-refractivity contribution in [2.45, 2.75) is 25.8 Å². The zero-order valence-electron chi connectivity index (χ0n) is 6.81. The Balaban J connectivity index is 2.11. The maximum absolute atomic E-state index is 3.48. The molecule has 0 amide bonds. The van der Waals surface area contributed by atoms with Gasteiger partial charge in [0, 0.05) is 17.9 Å². The summed E-state index contributed by atoms with van der Waals surface area (Å²) in [6.07, 6.45) is 2.92. The summed E-state index contributed by atoms with van der Waals surface area (Å²) >= 11 is 3.48. The van der Waals surface area contributed by atoms with E-state index in [0.717, 1.165) is 11.2 Å². The zero-order chi connectivity index (χ0) is 7.56. The van der Waals surface area contributed by atoms with Gasteiger partial charge in [0.15, 0.2) is 0 Å². The Kier molecular flexibility index (Phi) is 3.18. The van der Waals surface area contributed by atoms with Crippen molar-refractivity contribution in [2.75, 3.05) is 18.9 Å². The number of hydrogen-bond acceptors (Lipinski definition) is 1. The number of halogens is 1. The molecule has 0 radical (unpaired) electrons. The van der Waals surface area contributed by atoms with Crippen LogP contribution in [0.4, 0.5) is 0 Å². The predicted molar refractivity (Wildman–Crippen MR) is 48.6 cm³/mol. The Bertz CT molecular complexity index is 101. The van der Waals surface area contributed by atoms with Crippen LogP contribution in [0, 0.1) is 5.92 Å². The number of hydrogen-bond donors (Lipinski definition) is 0. The molecule has 1 nitrogen and oxygen atoms in total. The Hall–Kier alpha value is 0.440. The van der Waals surface area contributed by atoms with Gasteiger partial charge in [0.25, 0.3) is 0 Å². The molecule has 0 N–H and O–H groups in total. The second-order valence-electron chi connectivity index (χ2n) is 3.39. The first kappa shape index (κ1) is 8.54. The van der Waals surface area contributed by atoms with Crippen molar-refractivity contribution in [3.63, 3.8) is 0 Å². The molecule has 0 aliphatic heterocycles. The third-order valence-electron chi connectivity index (χ3n) is 2.22. The third kappa shape index (κ3) is 2.59. The monoisotopic (exact) mass is 205 g/mol. The molecule has 1 aliphatic carbocycles. The van der Waals surface area contributed by atoms with Crippen LogP contribution >= 0.6 is 15.9 Å². The fraction of sp³-hybridized carbons (Fsp3) is 1.00. The molecule has 1 atom stereocenters. The second-order valence-corrected chi connectivity index (χ2v) is 4.03. The number of alkyl halides is 1. The van der Waals surface area contributed by atoms with Gasteiger partial charge in [-0.05, 0) is 32.7 Å². The summed E-state index contributed by atoms with van der Waals surface area (Å²) in [5, 5.41) is 1.09. The van der Waals surface area contributed by atoms with Crippen LogP contribution < -0.4 is 0 Å². The highest BCUT2D eigenvalue weighted by molar-refractivity contribution is 9.09. The molecule has 60 valence electrons. The second kappa shape index (κ2) is 3.72. The van der Waals surface area contributed by atoms with Crippen molar-refractivity contribution in [2.24, 2.45) is 5.92 Å². The van der Waals surface area contributed by atoms with Crippen LogP contribution in [-0.4, -0.2) is 29.9 Å². The van der Waals surface area contributed by atoms with Crippen molar-refractivity contribution >= 4 is 15.9 Å². The topological polar surface area (TPSA) is 3.24 Å². The summed E-state index contributed by atoms with van der Waals surface area (Å²) in [7, 11) is 2.21. The number of nitrogens with zero attached hydrogens (tertiary/aromatic N) is 1. The molecule has 0 bridgehead atoms. The van der Waals surface area contributed by atoms with Gasteiger partial charge >= 0.3 is 0 Å². The summed E-state index contributed by atoms with van der Waals surface area (Å²) < 4.78 is 0. The van der Waals surface area contributed by atoms with Gasteiger partial charge in [-0.2, -0.15) is 0 Å². The van der Waals surface area contributed by atoms with Gasteiger partial charge in [0.1, 0.15) is 0 Å². The standard InChI is InChI=1S/C8H16BrN/c1-7(5-9)10(2)6-8-3-4-8/h7-8H,3-6H2,1-2H3. The van der Waals surface area contributed by atoms with E-state index < -0.39 is 0 Å². The molecule has 10 heavy (non-hydrogen) atoms. The molecule has 0 aromatic rings. The van der Waals surface area contributed by atoms with Crippen LogP contribution in [0.3, 0.4) is 0 Å². The van der Waals surface area contributed by atoms with E-state index in [2.05, 4.69) is 34.8 Å². The van der Waals surface area contributed by atoms with E-state index in [1.807, 2.05) is 0 Å². The first-order valence-electron chi connectivity index (χ1n) is 4.00. The van der Waals surface area contributed by atoms with Crippen LogP contribution in [0.1, 0.15) is 19.8 Å². The van der Waals surface area contributed by atoms with Crippen LogP contribution in [0.2, 0.25) is 0 Å². The van der Waals surface area contributed by atoms with Crippen LogP contribution in [0.5, 0.6) is 0 Å². The van der Waals surface area contributed by atoms with E-state index in [-0.39, 0.29) is 0 Å². The van der Waals surface area contributed by atoms with Gasteiger partial charge in [-0.15, -0.1) is 0 Å². The largest absolute Gasteiger partial charge is 0.303 e. The van der Waals surface area contributed by atoms with Gasteiger partial charge in [-0.25, -0.2) is 0 Å². The van der Waals surface area contributed by atoms with Gasteiger partial charge in [0.2, 0.25) is 0 Å². The normalized spacial score (nSPS) is 21.6. The van der Waals surface area contributed by atoms with Crippen molar-refractivity contribution in [3.05, 3.63) is 0 Å². The Morgan fingerprint density at radius 2 is 2.20 bits per heavy atom. The van der Waals surface area contributed by atoms with E-state index in [1.54, 1.807) is 0 Å². The van der Waals surface area contributed by atoms with Gasteiger partial charge in [-0.3, -0.25) is 0 Å². The lowest BCUT2D eigenvalue weighted by molar-refractivity contribution is 0.268. The lowest BCUT2D eigenvalue weighted by Gasteiger charge is -2.22. The van der Waals surface area contributed by atoms with Gasteiger partial charge in [-0.1, -0.05) is 15.9 Å². The lowest BCUT2D eigenvalue weighted by atomic mass is 10.3. The maximum atomic E-state index is 3.48. The lowest BCUT2D eigenvalue weighted by Crippen LogP contribution is -2.31. The minimum atomic E-state index is 0.695. The Labute approximate surface area is 71.9 Å². The zero-order valence-corrected chi connectivity index (χ0v) is 8.39. The van der Waals surface area contributed by atoms with Crippen molar-refractivity contribution < 1.29 is 0 Å². The first-order valence-corrected chi connectivity index (χ1v) is 5.12. The van der Waals surface area contributed by atoms with Crippen LogP contribution in [0.25, 0.3) is 0 Å². The van der Waals surface area contributed by atoms with E-state index in [1.165, 1.54) is 19.4 Å². The van der Waals surface area contributed by atoms with Crippen molar-refractivity contribution in [1.82, 2.24) is 4.90 Å². The summed E-state index contributed by atoms with van der Waals surface area (Å²) in [5.74, 6) is 1.02. The average molecular weight is 206 g/mol. The fourth-order valence-corrected chi connectivity index (χ4v) is 1.50. The molecule has 0 heterocycles. The Morgan fingerprint density at radius 3 is 2.60 bits per heavy atom. The molecule has 0 aromatic heterocycles. The molecule has 2 heteroatoms. The van der Waals surface area contributed by atoms with Crippen LogP contribution in [-0.2, 0) is 0 Å². The summed E-state index contributed by atoms with van der Waals surface area (Å²) in [4.78, 5) is 2.44. The highest BCUT2D eigenvalue weighted by atomic mass is 79.9. The van der Waals surface area contributed by atoms with E-state index in [4.69, 9.17) is 0 Å². The molecule has 1 saturated carbocycles.